The Morgan fingerprint density at radius 1 is 1.37 bits per heavy atom. The van der Waals surface area contributed by atoms with Crippen molar-refractivity contribution >= 4 is 11.9 Å². The molecule has 0 aliphatic carbocycles. The minimum Gasteiger partial charge on any atom is -0.487 e. The quantitative estimate of drug-likeness (QED) is 0.765. The van der Waals surface area contributed by atoms with E-state index in [9.17, 15) is 9.18 Å². The van der Waals surface area contributed by atoms with Crippen LogP contribution in [0.25, 0.3) is 11.3 Å². The molecule has 0 unspecified atom stereocenters. The number of hydrogen-bond acceptors (Lipinski definition) is 6. The first-order chi connectivity index (χ1) is 12.6. The summed E-state index contributed by atoms with van der Waals surface area (Å²) in [6.07, 6.45) is 1.15. The summed E-state index contributed by atoms with van der Waals surface area (Å²) in [5.74, 6) is 0.233. The van der Waals surface area contributed by atoms with Crippen LogP contribution in [0.2, 0.25) is 0 Å². The van der Waals surface area contributed by atoms with Crippen molar-refractivity contribution in [2.75, 3.05) is 12.3 Å². The van der Waals surface area contributed by atoms with Crippen LogP contribution >= 0.6 is 0 Å². The molecule has 0 saturated heterocycles. The summed E-state index contributed by atoms with van der Waals surface area (Å²) in [4.78, 5) is 19.4. The predicted molar refractivity (Wildman–Crippen MR) is 101 cm³/mol. The minimum absolute atomic E-state index is 0.0254. The van der Waals surface area contributed by atoms with Gasteiger partial charge in [-0.2, -0.15) is 0 Å². The molecule has 27 heavy (non-hydrogen) atoms. The molecule has 7 nitrogen and oxygen atoms in total. The van der Waals surface area contributed by atoms with Crippen LogP contribution in [0.5, 0.6) is 5.75 Å². The first-order valence-electron chi connectivity index (χ1n) is 8.60. The van der Waals surface area contributed by atoms with Gasteiger partial charge in [-0.25, -0.2) is 19.2 Å². The Morgan fingerprint density at radius 2 is 2.07 bits per heavy atom. The van der Waals surface area contributed by atoms with Crippen LogP contribution in [0.3, 0.4) is 0 Å². The van der Waals surface area contributed by atoms with Crippen LogP contribution in [0.15, 0.2) is 24.4 Å². The summed E-state index contributed by atoms with van der Waals surface area (Å²) in [7, 11) is 0. The normalized spacial score (nSPS) is 13.3. The van der Waals surface area contributed by atoms with Gasteiger partial charge in [0, 0.05) is 17.8 Å². The summed E-state index contributed by atoms with van der Waals surface area (Å²) in [5, 5.41) is 0. The zero-order valence-electron chi connectivity index (χ0n) is 16.0. The van der Waals surface area contributed by atoms with Gasteiger partial charge in [-0.3, -0.25) is 0 Å². The number of anilines is 1. The SMILES string of the molecule is Cc1nc(-c2ccnc(N)c2)c(F)cc1OC[C@](C)(CC(C)C)OC(N)=O. The largest absolute Gasteiger partial charge is 0.487 e. The second kappa shape index (κ2) is 8.20. The number of ether oxygens (including phenoxy) is 2. The van der Waals surface area contributed by atoms with Crippen molar-refractivity contribution in [2.45, 2.75) is 39.7 Å². The van der Waals surface area contributed by atoms with Gasteiger partial charge in [0.15, 0.2) is 5.82 Å². The van der Waals surface area contributed by atoms with E-state index < -0.39 is 17.5 Å². The highest BCUT2D eigenvalue weighted by atomic mass is 19.1. The average molecular weight is 376 g/mol. The molecule has 4 N–H and O–H groups in total. The number of aryl methyl sites for hydroxylation is 1. The molecule has 0 spiro atoms. The van der Waals surface area contributed by atoms with E-state index in [1.165, 1.54) is 12.3 Å². The maximum absolute atomic E-state index is 14.6. The van der Waals surface area contributed by atoms with E-state index >= 15 is 0 Å². The van der Waals surface area contributed by atoms with Crippen molar-refractivity contribution in [3.63, 3.8) is 0 Å². The second-order valence-electron chi connectivity index (χ2n) is 7.13. The fraction of sp³-hybridized carbons (Fsp3) is 0.421. The highest BCUT2D eigenvalue weighted by molar-refractivity contribution is 5.65. The Hall–Kier alpha value is -2.90. The molecule has 0 saturated carbocycles. The Kier molecular flexibility index (Phi) is 6.20. The van der Waals surface area contributed by atoms with Gasteiger partial charge in [-0.15, -0.1) is 0 Å². The van der Waals surface area contributed by atoms with Crippen LogP contribution in [-0.2, 0) is 4.74 Å². The maximum Gasteiger partial charge on any atom is 0.405 e. The molecule has 2 aromatic heterocycles. The number of aromatic nitrogens is 2. The first kappa shape index (κ1) is 20.4. The molecular weight excluding hydrogens is 351 g/mol. The van der Waals surface area contributed by atoms with Crippen LogP contribution in [0.4, 0.5) is 15.0 Å². The Labute approximate surface area is 157 Å². The fourth-order valence-electron chi connectivity index (χ4n) is 2.98. The molecule has 0 aliphatic rings. The van der Waals surface area contributed by atoms with E-state index in [1.807, 2.05) is 13.8 Å². The topological polar surface area (TPSA) is 113 Å². The van der Waals surface area contributed by atoms with Crippen molar-refractivity contribution in [3.05, 3.63) is 35.9 Å². The number of nitrogens with two attached hydrogens (primary N) is 2. The average Bonchev–Trinajstić information content (AvgIpc) is 2.53. The van der Waals surface area contributed by atoms with Crippen molar-refractivity contribution in [3.8, 4) is 17.0 Å². The van der Waals surface area contributed by atoms with Crippen LogP contribution in [-0.4, -0.2) is 28.3 Å². The van der Waals surface area contributed by atoms with Crippen molar-refractivity contribution < 1.29 is 18.7 Å². The molecule has 0 aliphatic heterocycles. The van der Waals surface area contributed by atoms with Gasteiger partial charge in [0.05, 0.1) is 5.69 Å². The van der Waals surface area contributed by atoms with E-state index in [1.54, 1.807) is 26.0 Å². The predicted octanol–water partition coefficient (Wildman–Crippen LogP) is 3.45. The standard InChI is InChI=1S/C19H25FN4O3/c1-11(2)9-19(4,27-18(22)25)10-26-15-8-14(20)17(24-12(15)3)13-5-6-23-16(21)7-13/h5-8,11H,9-10H2,1-4H3,(H2,21,23)(H2,22,25)/t19-/m0/s1. The van der Waals surface area contributed by atoms with Crippen LogP contribution in [0.1, 0.15) is 32.9 Å². The number of rotatable bonds is 7. The molecular formula is C19H25FN4O3. The second-order valence-corrected chi connectivity index (χ2v) is 7.13. The molecule has 2 aromatic rings. The summed E-state index contributed by atoms with van der Waals surface area (Å²) in [5.41, 5.74) is 11.1. The smallest absolute Gasteiger partial charge is 0.405 e. The monoisotopic (exact) mass is 376 g/mol. The summed E-state index contributed by atoms with van der Waals surface area (Å²) in [6.45, 7) is 7.44. The lowest BCUT2D eigenvalue weighted by atomic mass is 9.95. The van der Waals surface area contributed by atoms with Gasteiger partial charge >= 0.3 is 6.09 Å². The molecule has 1 amide bonds. The summed E-state index contributed by atoms with van der Waals surface area (Å²) >= 11 is 0. The van der Waals surface area contributed by atoms with Crippen LogP contribution in [0, 0.1) is 18.7 Å². The van der Waals surface area contributed by atoms with Gasteiger partial charge in [0.1, 0.15) is 29.5 Å². The van der Waals surface area contributed by atoms with Gasteiger partial charge in [0.25, 0.3) is 0 Å². The zero-order chi connectivity index (χ0) is 20.2. The Bertz CT molecular complexity index is 829. The van der Waals surface area contributed by atoms with Gasteiger partial charge in [0.2, 0.25) is 0 Å². The summed E-state index contributed by atoms with van der Waals surface area (Å²) < 4.78 is 25.5. The number of nitrogens with zero attached hydrogens (tertiary/aromatic N) is 2. The Balaban J connectivity index is 2.24. The van der Waals surface area contributed by atoms with E-state index in [0.717, 1.165) is 0 Å². The van der Waals surface area contributed by atoms with Crippen molar-refractivity contribution in [1.29, 1.82) is 0 Å². The highest BCUT2D eigenvalue weighted by Crippen LogP contribution is 2.29. The third kappa shape index (κ3) is 5.54. The zero-order valence-corrected chi connectivity index (χ0v) is 16.0. The van der Waals surface area contributed by atoms with Crippen LogP contribution < -0.4 is 16.2 Å². The van der Waals surface area contributed by atoms with E-state index in [-0.39, 0.29) is 29.8 Å². The van der Waals surface area contributed by atoms with Crippen molar-refractivity contribution in [1.82, 2.24) is 9.97 Å². The molecule has 0 aromatic carbocycles. The lowest BCUT2D eigenvalue weighted by Gasteiger charge is -2.30. The number of nitrogen functional groups attached to an aromatic ring is 1. The van der Waals surface area contributed by atoms with E-state index in [0.29, 0.717) is 17.7 Å². The van der Waals surface area contributed by atoms with Gasteiger partial charge in [-0.1, -0.05) is 13.8 Å². The third-order valence-corrected chi connectivity index (χ3v) is 3.89. The third-order valence-electron chi connectivity index (χ3n) is 3.89. The summed E-state index contributed by atoms with van der Waals surface area (Å²) in [6, 6.07) is 4.43. The van der Waals surface area contributed by atoms with E-state index in [4.69, 9.17) is 20.9 Å². The maximum atomic E-state index is 14.6. The van der Waals surface area contributed by atoms with Gasteiger partial charge in [-0.05, 0) is 38.3 Å². The number of hydrogen-bond donors (Lipinski definition) is 2. The van der Waals surface area contributed by atoms with E-state index in [2.05, 4.69) is 9.97 Å². The lowest BCUT2D eigenvalue weighted by molar-refractivity contribution is -0.0189. The number of carbonyl (C=O) groups excluding carboxylic acids is 1. The number of carbonyl (C=O) groups is 1. The fourth-order valence-corrected chi connectivity index (χ4v) is 2.98. The van der Waals surface area contributed by atoms with Crippen molar-refractivity contribution in [2.24, 2.45) is 11.7 Å². The number of amides is 1. The molecule has 1 atom stereocenters. The molecule has 2 heterocycles. The van der Waals surface area contributed by atoms with Gasteiger partial charge < -0.3 is 20.9 Å². The molecule has 146 valence electrons. The molecule has 0 fully saturated rings. The Morgan fingerprint density at radius 3 is 2.67 bits per heavy atom. The lowest BCUT2D eigenvalue weighted by Crippen LogP contribution is -2.41. The minimum atomic E-state index is -0.929. The number of primary amides is 1. The highest BCUT2D eigenvalue weighted by Gasteiger charge is 2.31. The molecule has 2 rings (SSSR count). The number of halogens is 1. The number of pyridine rings is 2. The molecule has 0 radical (unpaired) electrons. The molecule has 8 heteroatoms. The first-order valence-corrected chi connectivity index (χ1v) is 8.60. The molecule has 0 bridgehead atoms.